The number of rotatable bonds is 3. The molecule has 2 aliphatic rings. The Hall–Kier alpha value is -9.89. The van der Waals surface area contributed by atoms with Crippen molar-refractivity contribution in [1.82, 2.24) is 0 Å². The van der Waals surface area contributed by atoms with Gasteiger partial charge >= 0.3 is 5.97 Å². The van der Waals surface area contributed by atoms with Crippen LogP contribution < -0.4 is 0 Å². The van der Waals surface area contributed by atoms with Gasteiger partial charge in [-0.15, -0.1) is 0 Å². The summed E-state index contributed by atoms with van der Waals surface area (Å²) >= 11 is 0. The normalized spacial score (nSPS) is 10.7. The Labute approximate surface area is 697 Å². The van der Waals surface area contributed by atoms with Crippen molar-refractivity contribution in [2.24, 2.45) is 0 Å². The van der Waals surface area contributed by atoms with Crippen LogP contribution in [-0.4, -0.2) is 5.97 Å². The molecule has 1 unspecified atom stereocenters. The molecule has 0 aromatic heterocycles. The third-order valence-electron chi connectivity index (χ3n) is 13.3. The molecule has 1 aliphatic carbocycles. The number of hydrogen-bond acceptors (Lipinski definition) is 2. The lowest BCUT2D eigenvalue weighted by Gasteiger charge is -2.30. The highest BCUT2D eigenvalue weighted by atomic mass is 16.6. The third kappa shape index (κ3) is 59.0. The molecule has 0 saturated heterocycles. The van der Waals surface area contributed by atoms with Crippen molar-refractivity contribution >= 4 is 5.97 Å². The zero-order chi connectivity index (χ0) is 83.5. The first kappa shape index (κ1) is 129. The smallest absolute Gasteiger partial charge is 0.340 e. The zero-order valence-corrected chi connectivity index (χ0v) is 73.6. The molecule has 0 amide bonds. The molecule has 12 aromatic carbocycles. The first-order valence-electron chi connectivity index (χ1n) is 41.0. The van der Waals surface area contributed by atoms with Gasteiger partial charge in [0.05, 0.1) is 5.56 Å². The number of fused-ring (bicyclic) bond motifs is 2. The molecule has 2 nitrogen and oxygen atoms in total. The summed E-state index contributed by atoms with van der Waals surface area (Å²) in [6, 6.07) is 131. The van der Waals surface area contributed by atoms with Gasteiger partial charge in [0, 0.05) is 22.1 Å². The quantitative estimate of drug-likeness (QED) is 0.165. The summed E-state index contributed by atoms with van der Waals surface area (Å²) in [6.07, 6.45) is 1.18. The van der Waals surface area contributed by atoms with Crippen molar-refractivity contribution in [3.8, 4) is 0 Å². The van der Waals surface area contributed by atoms with E-state index in [9.17, 15) is 4.79 Å². The van der Waals surface area contributed by atoms with Crippen LogP contribution in [0, 0.1) is 0 Å². The Bertz CT molecular complexity index is 2880. The number of ether oxygens (including phenoxy) is 1. The van der Waals surface area contributed by atoms with Gasteiger partial charge in [0.25, 0.3) is 0 Å². The lowest BCUT2D eigenvalue weighted by molar-refractivity contribution is 0.0251. The van der Waals surface area contributed by atoms with Gasteiger partial charge in [-0.2, -0.15) is 0 Å². The minimum absolute atomic E-state index is 0. The zero-order valence-electron chi connectivity index (χ0n) is 73.6. The Balaban J connectivity index is -0.000000100. The van der Waals surface area contributed by atoms with Crippen LogP contribution in [0.15, 0.2) is 394 Å². The van der Waals surface area contributed by atoms with Gasteiger partial charge in [0.2, 0.25) is 0 Å². The predicted molar refractivity (Wildman–Crippen MR) is 521 cm³/mol. The highest BCUT2D eigenvalue weighted by molar-refractivity contribution is 5.96. The van der Waals surface area contributed by atoms with E-state index in [0.29, 0.717) is 5.56 Å². The van der Waals surface area contributed by atoms with Crippen LogP contribution in [0.25, 0.3) is 0 Å². The standard InChI is InChI=1S/C20H14O2.C18H20.7C6H6.13C2H6.4CH4/c21-19-17-13-7-8-14-18(17)20(22-19,15-9-3-1-4-10-15)16-11-5-2-6-12-16;1-17(2)13-18(3,14-9-5-4-6-10-14)16-12-8-7-11-15(16)17;7*1-2-4-6-5-3-1;13*1-2;;;;/h1-14H;4-12H,13H2,1-3H3;7*1-6H;13*1-2H3;4*1H4. The molecule has 0 radical (unpaired) electrons. The van der Waals surface area contributed by atoms with E-state index in [1.807, 2.05) is 520 Å². The maximum Gasteiger partial charge on any atom is 0.340 e. The van der Waals surface area contributed by atoms with Gasteiger partial charge in [-0.3, -0.25) is 0 Å². The van der Waals surface area contributed by atoms with Crippen molar-refractivity contribution < 1.29 is 9.53 Å². The van der Waals surface area contributed by atoms with Crippen LogP contribution in [-0.2, 0) is 21.2 Å². The van der Waals surface area contributed by atoms with Crippen LogP contribution in [0.5, 0.6) is 0 Å². The maximum atomic E-state index is 12.4. The number of benzene rings is 12. The summed E-state index contributed by atoms with van der Waals surface area (Å²) in [4.78, 5) is 12.4. The number of carbonyl (C=O) groups is 1. The third-order valence-corrected chi connectivity index (χ3v) is 13.3. The summed E-state index contributed by atoms with van der Waals surface area (Å²) in [5.41, 5.74) is 7.45. The van der Waals surface area contributed by atoms with E-state index in [4.69, 9.17) is 4.74 Å². The minimum atomic E-state index is -0.865. The summed E-state index contributed by atoms with van der Waals surface area (Å²) < 4.78 is 5.95. The molecule has 14 rings (SSSR count). The summed E-state index contributed by atoms with van der Waals surface area (Å²) in [7, 11) is 0. The number of cyclic esters (lactones) is 1. The van der Waals surface area contributed by atoms with Crippen LogP contribution in [0.3, 0.4) is 0 Å². The molecule has 12 aromatic rings. The van der Waals surface area contributed by atoms with E-state index in [1.54, 1.807) is 0 Å². The van der Waals surface area contributed by atoms with Gasteiger partial charge in [-0.05, 0) is 34.6 Å². The van der Waals surface area contributed by atoms with Crippen molar-refractivity contribution in [1.29, 1.82) is 0 Å². The molecule has 0 spiro atoms. The molecule has 0 saturated carbocycles. The Morgan fingerprint density at radius 3 is 0.554 bits per heavy atom. The van der Waals surface area contributed by atoms with E-state index in [1.165, 1.54) is 23.1 Å². The second-order valence-corrected chi connectivity index (χ2v) is 19.7. The Morgan fingerprint density at radius 1 is 0.196 bits per heavy atom. The first-order valence-corrected chi connectivity index (χ1v) is 41.0. The predicted octanol–water partition coefficient (Wildman–Crippen LogP) is 36.5. The lowest BCUT2D eigenvalue weighted by atomic mass is 9.75. The molecule has 1 atom stereocenters. The van der Waals surface area contributed by atoms with Crippen molar-refractivity contribution in [2.75, 3.05) is 0 Å². The topological polar surface area (TPSA) is 26.3 Å². The average Bonchev–Trinajstić information content (AvgIpc) is 1.58. The maximum absolute atomic E-state index is 12.4. The van der Waals surface area contributed by atoms with Crippen LogP contribution >= 0.6 is 0 Å². The van der Waals surface area contributed by atoms with E-state index in [-0.39, 0.29) is 46.5 Å². The highest BCUT2D eigenvalue weighted by Gasteiger charge is 2.48. The fraction of sp³-hybridized carbons (Fsp3) is 0.336. The molecule has 2 heteroatoms. The lowest BCUT2D eigenvalue weighted by Crippen LogP contribution is -2.29. The van der Waals surface area contributed by atoms with E-state index in [0.717, 1.165) is 16.7 Å². The van der Waals surface area contributed by atoms with Gasteiger partial charge in [-0.25, -0.2) is 4.79 Å². The van der Waals surface area contributed by atoms with Crippen molar-refractivity contribution in [2.45, 2.75) is 253 Å². The van der Waals surface area contributed by atoms with E-state index in [2.05, 4.69) is 75.4 Å². The van der Waals surface area contributed by atoms with E-state index < -0.39 is 5.60 Å². The Kier molecular flexibility index (Phi) is 118. The van der Waals surface area contributed by atoms with Gasteiger partial charge < -0.3 is 4.74 Å². The molecule has 112 heavy (non-hydrogen) atoms. The largest absolute Gasteiger partial charge is 0.441 e. The first-order chi connectivity index (χ1) is 53.4. The second kappa shape index (κ2) is 103. The monoisotopic (exact) mass is 1520 g/mol. The number of hydrogen-bond donors (Lipinski definition) is 0. The second-order valence-electron chi connectivity index (χ2n) is 19.7. The minimum Gasteiger partial charge on any atom is -0.441 e. The SMILES string of the molecule is C.C.C.C.CC.CC.CC.CC.CC.CC.CC.CC.CC.CC.CC.CC.CC.CC1(C)CC(C)(c2ccccc2)c2ccccc21.O=C1OC(c2ccccc2)(c2ccccc2)c2ccccc21.c1ccccc1.c1ccccc1.c1ccccc1.c1ccccc1.c1ccccc1.c1ccccc1.c1ccccc1. The van der Waals surface area contributed by atoms with Crippen molar-refractivity contribution in [3.05, 3.63) is 433 Å². The molecule has 1 heterocycles. The molecule has 0 fully saturated rings. The van der Waals surface area contributed by atoms with Crippen molar-refractivity contribution in [3.63, 3.8) is 0 Å². The van der Waals surface area contributed by atoms with E-state index >= 15 is 0 Å². The number of esters is 1. The summed E-state index contributed by atoms with van der Waals surface area (Å²) in [5, 5.41) is 0. The molecule has 1 aliphatic heterocycles. The van der Waals surface area contributed by atoms with Crippen LogP contribution in [0.4, 0.5) is 0 Å². The highest BCUT2D eigenvalue weighted by Crippen LogP contribution is 2.52. The summed E-state index contributed by atoms with van der Waals surface area (Å²) in [5.74, 6) is -0.275. The fourth-order valence-electron chi connectivity index (χ4n) is 9.54. The number of carbonyl (C=O) groups excluding carboxylic acids is 1. The molecule has 622 valence electrons. The van der Waals surface area contributed by atoms with Crippen LogP contribution in [0.2, 0.25) is 0 Å². The van der Waals surface area contributed by atoms with Gasteiger partial charge in [0.15, 0.2) is 5.60 Å². The molecule has 0 N–H and O–H groups in total. The molecular formula is C110H170O2. The summed E-state index contributed by atoms with van der Waals surface area (Å²) in [6.45, 7) is 59.1. The fourth-order valence-corrected chi connectivity index (χ4v) is 9.54. The van der Waals surface area contributed by atoms with Gasteiger partial charge in [0.1, 0.15) is 0 Å². The average molecular weight is 1520 g/mol. The molecule has 0 bridgehead atoms. The molecular weight excluding hydrogens is 1350 g/mol. The Morgan fingerprint density at radius 2 is 0.348 bits per heavy atom. The van der Waals surface area contributed by atoms with Crippen LogP contribution in [0.1, 0.15) is 281 Å². The van der Waals surface area contributed by atoms with Gasteiger partial charge in [-0.1, -0.05) is 619 Å².